The standard InChI is InChI=1S/C13H19N5O/c1-9(2)18-8-11-10(12(18)19)7-15-13(16-11)17-5-3-14-4-6-17/h7-9,14,19H,3-6H2,1-2H3. The first-order valence-electron chi connectivity index (χ1n) is 6.69. The van der Waals surface area contributed by atoms with Crippen molar-refractivity contribution in [3.05, 3.63) is 12.4 Å². The second-order valence-corrected chi connectivity index (χ2v) is 5.16. The van der Waals surface area contributed by atoms with Crippen molar-refractivity contribution in [1.29, 1.82) is 0 Å². The van der Waals surface area contributed by atoms with Gasteiger partial charge in [-0.2, -0.15) is 0 Å². The molecule has 0 aromatic carbocycles. The van der Waals surface area contributed by atoms with Gasteiger partial charge >= 0.3 is 0 Å². The summed E-state index contributed by atoms with van der Waals surface area (Å²) < 4.78 is 1.82. The van der Waals surface area contributed by atoms with Gasteiger partial charge in [-0.05, 0) is 13.8 Å². The fraction of sp³-hybridized carbons (Fsp3) is 0.538. The van der Waals surface area contributed by atoms with Crippen LogP contribution in [-0.4, -0.2) is 45.8 Å². The molecular formula is C13H19N5O. The maximum Gasteiger partial charge on any atom is 0.226 e. The molecule has 2 aromatic rings. The van der Waals surface area contributed by atoms with E-state index in [9.17, 15) is 5.11 Å². The minimum absolute atomic E-state index is 0.205. The van der Waals surface area contributed by atoms with E-state index in [0.29, 0.717) is 5.39 Å². The molecule has 3 heterocycles. The van der Waals surface area contributed by atoms with Crippen LogP contribution in [0.4, 0.5) is 5.95 Å². The van der Waals surface area contributed by atoms with Crippen LogP contribution < -0.4 is 10.2 Å². The van der Waals surface area contributed by atoms with E-state index in [2.05, 4.69) is 20.2 Å². The summed E-state index contributed by atoms with van der Waals surface area (Å²) >= 11 is 0. The first-order chi connectivity index (χ1) is 9.16. The van der Waals surface area contributed by atoms with E-state index in [4.69, 9.17) is 0 Å². The highest BCUT2D eigenvalue weighted by atomic mass is 16.3. The molecule has 3 rings (SSSR count). The molecule has 6 nitrogen and oxygen atoms in total. The lowest BCUT2D eigenvalue weighted by Gasteiger charge is -2.27. The average Bonchev–Trinajstić information content (AvgIpc) is 2.77. The normalized spacial score (nSPS) is 16.5. The zero-order chi connectivity index (χ0) is 13.4. The van der Waals surface area contributed by atoms with Crippen LogP contribution >= 0.6 is 0 Å². The van der Waals surface area contributed by atoms with Crippen LogP contribution in [0, 0.1) is 0 Å². The molecule has 102 valence electrons. The topological polar surface area (TPSA) is 66.2 Å². The Hall–Kier alpha value is -1.82. The molecule has 0 amide bonds. The van der Waals surface area contributed by atoms with Crippen molar-refractivity contribution >= 4 is 16.9 Å². The zero-order valence-corrected chi connectivity index (χ0v) is 11.3. The number of fused-ring (bicyclic) bond motifs is 1. The molecule has 0 radical (unpaired) electrons. The van der Waals surface area contributed by atoms with Crippen LogP contribution in [0.3, 0.4) is 0 Å². The van der Waals surface area contributed by atoms with Gasteiger partial charge in [-0.25, -0.2) is 9.97 Å². The highest BCUT2D eigenvalue weighted by molar-refractivity contribution is 5.84. The molecule has 1 aliphatic rings. The molecule has 1 fully saturated rings. The second kappa shape index (κ2) is 4.70. The van der Waals surface area contributed by atoms with Crippen molar-refractivity contribution in [2.45, 2.75) is 19.9 Å². The predicted molar refractivity (Wildman–Crippen MR) is 74.7 cm³/mol. The lowest BCUT2D eigenvalue weighted by molar-refractivity contribution is 0.405. The minimum Gasteiger partial charge on any atom is -0.494 e. The lowest BCUT2D eigenvalue weighted by atomic mass is 10.3. The van der Waals surface area contributed by atoms with Crippen LogP contribution in [0.1, 0.15) is 19.9 Å². The maximum absolute atomic E-state index is 10.1. The summed E-state index contributed by atoms with van der Waals surface area (Å²) in [5, 5.41) is 14.1. The number of nitrogens with zero attached hydrogens (tertiary/aromatic N) is 4. The zero-order valence-electron chi connectivity index (χ0n) is 11.3. The van der Waals surface area contributed by atoms with Crippen molar-refractivity contribution in [2.75, 3.05) is 31.1 Å². The Morgan fingerprint density at radius 2 is 2.05 bits per heavy atom. The van der Waals surface area contributed by atoms with Crippen LogP contribution in [0.5, 0.6) is 5.88 Å². The van der Waals surface area contributed by atoms with Gasteiger partial charge in [-0.1, -0.05) is 0 Å². The number of rotatable bonds is 2. The van der Waals surface area contributed by atoms with Crippen LogP contribution in [0.15, 0.2) is 12.4 Å². The Morgan fingerprint density at radius 3 is 2.74 bits per heavy atom. The Bertz CT molecular complexity index is 586. The van der Waals surface area contributed by atoms with Crippen LogP contribution in [-0.2, 0) is 0 Å². The van der Waals surface area contributed by atoms with Crippen molar-refractivity contribution in [1.82, 2.24) is 19.9 Å². The first-order valence-corrected chi connectivity index (χ1v) is 6.69. The van der Waals surface area contributed by atoms with E-state index in [1.54, 1.807) is 6.20 Å². The molecule has 0 unspecified atom stereocenters. The number of hydrogen-bond acceptors (Lipinski definition) is 5. The molecule has 0 spiro atoms. The van der Waals surface area contributed by atoms with Gasteiger partial charge in [-0.15, -0.1) is 0 Å². The van der Waals surface area contributed by atoms with E-state index in [1.807, 2.05) is 24.6 Å². The number of hydrogen-bond donors (Lipinski definition) is 2. The van der Waals surface area contributed by atoms with E-state index < -0.39 is 0 Å². The van der Waals surface area contributed by atoms with E-state index in [1.165, 1.54) is 0 Å². The lowest BCUT2D eigenvalue weighted by Crippen LogP contribution is -2.44. The molecule has 0 aliphatic carbocycles. The number of aromatic hydroxyl groups is 1. The summed E-state index contributed by atoms with van der Waals surface area (Å²) in [6.45, 7) is 7.82. The Balaban J connectivity index is 2.00. The van der Waals surface area contributed by atoms with Crippen molar-refractivity contribution in [3.63, 3.8) is 0 Å². The third-order valence-corrected chi connectivity index (χ3v) is 3.51. The van der Waals surface area contributed by atoms with Gasteiger partial charge in [0, 0.05) is 44.6 Å². The van der Waals surface area contributed by atoms with Gasteiger partial charge in [0.2, 0.25) is 11.8 Å². The fourth-order valence-electron chi connectivity index (χ4n) is 2.40. The molecule has 19 heavy (non-hydrogen) atoms. The third kappa shape index (κ3) is 2.12. The SMILES string of the molecule is CC(C)n1cc2nc(N3CCNCC3)ncc2c1O. The molecule has 0 saturated carbocycles. The predicted octanol–water partition coefficient (Wildman–Crippen LogP) is 1.13. The summed E-state index contributed by atoms with van der Waals surface area (Å²) in [5.74, 6) is 0.992. The van der Waals surface area contributed by atoms with Crippen LogP contribution in [0.25, 0.3) is 10.9 Å². The van der Waals surface area contributed by atoms with Gasteiger partial charge in [0.25, 0.3) is 0 Å². The summed E-state index contributed by atoms with van der Waals surface area (Å²) in [4.78, 5) is 11.1. The smallest absolute Gasteiger partial charge is 0.226 e. The van der Waals surface area contributed by atoms with Crippen molar-refractivity contribution in [2.24, 2.45) is 0 Å². The molecule has 2 N–H and O–H groups in total. The number of piperazine rings is 1. The molecular weight excluding hydrogens is 242 g/mol. The maximum atomic E-state index is 10.1. The molecule has 0 atom stereocenters. The molecule has 0 bridgehead atoms. The highest BCUT2D eigenvalue weighted by Crippen LogP contribution is 2.29. The second-order valence-electron chi connectivity index (χ2n) is 5.16. The van der Waals surface area contributed by atoms with Gasteiger partial charge in [0.1, 0.15) is 0 Å². The number of anilines is 1. The summed E-state index contributed by atoms with van der Waals surface area (Å²) in [7, 11) is 0. The quantitative estimate of drug-likeness (QED) is 0.848. The summed E-state index contributed by atoms with van der Waals surface area (Å²) in [6.07, 6.45) is 3.61. The third-order valence-electron chi connectivity index (χ3n) is 3.51. The summed E-state index contributed by atoms with van der Waals surface area (Å²) in [6, 6.07) is 0.205. The molecule has 1 aliphatic heterocycles. The Kier molecular flexibility index (Phi) is 3.02. The van der Waals surface area contributed by atoms with Gasteiger partial charge in [0.15, 0.2) is 0 Å². The molecule has 1 saturated heterocycles. The first kappa shape index (κ1) is 12.2. The summed E-state index contributed by atoms with van der Waals surface area (Å²) in [5.41, 5.74) is 0.801. The number of aromatic nitrogens is 3. The Morgan fingerprint density at radius 1 is 1.32 bits per heavy atom. The van der Waals surface area contributed by atoms with Gasteiger partial charge in [0.05, 0.1) is 10.9 Å². The van der Waals surface area contributed by atoms with Gasteiger partial charge < -0.3 is 19.9 Å². The average molecular weight is 261 g/mol. The van der Waals surface area contributed by atoms with E-state index in [0.717, 1.165) is 37.6 Å². The van der Waals surface area contributed by atoms with E-state index >= 15 is 0 Å². The molecule has 2 aromatic heterocycles. The van der Waals surface area contributed by atoms with Gasteiger partial charge in [-0.3, -0.25) is 0 Å². The molecule has 6 heteroatoms. The fourth-order valence-corrected chi connectivity index (χ4v) is 2.40. The van der Waals surface area contributed by atoms with Crippen molar-refractivity contribution in [3.8, 4) is 5.88 Å². The number of nitrogens with one attached hydrogen (secondary N) is 1. The largest absolute Gasteiger partial charge is 0.494 e. The van der Waals surface area contributed by atoms with Crippen molar-refractivity contribution < 1.29 is 5.11 Å². The highest BCUT2D eigenvalue weighted by Gasteiger charge is 2.16. The van der Waals surface area contributed by atoms with Crippen LogP contribution in [0.2, 0.25) is 0 Å². The monoisotopic (exact) mass is 261 g/mol. The van der Waals surface area contributed by atoms with E-state index in [-0.39, 0.29) is 11.9 Å². The Labute approximate surface area is 112 Å². The minimum atomic E-state index is 0.205.